The van der Waals surface area contributed by atoms with Crippen LogP contribution in [0, 0.1) is 0 Å². The highest BCUT2D eigenvalue weighted by atomic mass is 16.7. The van der Waals surface area contributed by atoms with Crippen LogP contribution in [0.5, 0.6) is 11.5 Å². The van der Waals surface area contributed by atoms with E-state index >= 15 is 0 Å². The maximum atomic E-state index is 12.6. The van der Waals surface area contributed by atoms with E-state index in [9.17, 15) is 9.59 Å². The topological polar surface area (TPSA) is 77.1 Å². The number of anilines is 1. The van der Waals surface area contributed by atoms with Crippen LogP contribution in [0.1, 0.15) is 33.6 Å². The zero-order valence-electron chi connectivity index (χ0n) is 14.1. The van der Waals surface area contributed by atoms with E-state index in [1.165, 1.54) is 4.90 Å². The molecule has 7 heteroatoms. The molecule has 0 aromatic heterocycles. The summed E-state index contributed by atoms with van der Waals surface area (Å²) in [6.45, 7) is 6.13. The Morgan fingerprint density at radius 2 is 2.00 bits per heavy atom. The molecule has 1 fully saturated rings. The summed E-state index contributed by atoms with van der Waals surface area (Å²) in [6, 6.07) is 4.69. The average molecular weight is 334 g/mol. The van der Waals surface area contributed by atoms with Crippen molar-refractivity contribution in [3.63, 3.8) is 0 Å². The molecule has 7 nitrogen and oxygen atoms in total. The fraction of sp³-hybridized carbons (Fsp3) is 0.529. The van der Waals surface area contributed by atoms with Crippen molar-refractivity contribution >= 4 is 17.7 Å². The number of nitrogens with one attached hydrogen (secondary N) is 1. The van der Waals surface area contributed by atoms with E-state index in [-0.39, 0.29) is 12.7 Å². The zero-order valence-corrected chi connectivity index (χ0v) is 14.1. The summed E-state index contributed by atoms with van der Waals surface area (Å²) >= 11 is 0. The Labute approximate surface area is 140 Å². The van der Waals surface area contributed by atoms with Gasteiger partial charge >= 0.3 is 6.09 Å². The van der Waals surface area contributed by atoms with Crippen LogP contribution < -0.4 is 14.8 Å². The van der Waals surface area contributed by atoms with Gasteiger partial charge in [0.05, 0.1) is 0 Å². The number of carbonyl (C=O) groups excluding carboxylic acids is 2. The van der Waals surface area contributed by atoms with Crippen LogP contribution in [-0.4, -0.2) is 41.9 Å². The predicted molar refractivity (Wildman–Crippen MR) is 87.2 cm³/mol. The molecule has 0 radical (unpaired) electrons. The van der Waals surface area contributed by atoms with Crippen LogP contribution in [0.4, 0.5) is 10.5 Å². The molecule has 1 aromatic carbocycles. The number of hydrogen-bond acceptors (Lipinski definition) is 5. The van der Waals surface area contributed by atoms with E-state index in [1.807, 2.05) is 20.8 Å². The van der Waals surface area contributed by atoms with Crippen molar-refractivity contribution in [2.24, 2.45) is 0 Å². The van der Waals surface area contributed by atoms with Gasteiger partial charge in [-0.2, -0.15) is 0 Å². The van der Waals surface area contributed by atoms with Gasteiger partial charge in [0, 0.05) is 18.3 Å². The van der Waals surface area contributed by atoms with Crippen LogP contribution in [0.15, 0.2) is 18.2 Å². The number of likely N-dealkylation sites (tertiary alicyclic amines) is 1. The minimum Gasteiger partial charge on any atom is -0.454 e. The molecule has 1 atom stereocenters. The van der Waals surface area contributed by atoms with Crippen LogP contribution in [-0.2, 0) is 9.53 Å². The van der Waals surface area contributed by atoms with E-state index in [0.717, 1.165) is 6.42 Å². The van der Waals surface area contributed by atoms with Gasteiger partial charge < -0.3 is 19.5 Å². The number of amides is 2. The van der Waals surface area contributed by atoms with Crippen molar-refractivity contribution in [2.45, 2.75) is 45.3 Å². The average Bonchev–Trinajstić information content (AvgIpc) is 3.14. The highest BCUT2D eigenvalue weighted by molar-refractivity contribution is 5.97. The van der Waals surface area contributed by atoms with E-state index in [0.29, 0.717) is 30.2 Å². The number of nitrogens with zero attached hydrogens (tertiary/aromatic N) is 1. The molecule has 24 heavy (non-hydrogen) atoms. The van der Waals surface area contributed by atoms with E-state index in [1.54, 1.807) is 18.2 Å². The standard InChI is InChI=1S/C17H22N2O5/c1-17(2,3)24-16(21)19-8-4-5-12(19)15(20)18-11-6-7-13-14(9-11)23-10-22-13/h6-7,9,12H,4-5,8,10H2,1-3H3,(H,18,20). The van der Waals surface area contributed by atoms with Gasteiger partial charge in [-0.3, -0.25) is 9.69 Å². The summed E-state index contributed by atoms with van der Waals surface area (Å²) in [6.07, 6.45) is 0.944. The molecule has 3 rings (SSSR count). The van der Waals surface area contributed by atoms with Crippen molar-refractivity contribution in [2.75, 3.05) is 18.7 Å². The summed E-state index contributed by atoms with van der Waals surface area (Å²) in [5.41, 5.74) is 0.0261. The van der Waals surface area contributed by atoms with Gasteiger partial charge in [-0.1, -0.05) is 0 Å². The molecule has 1 unspecified atom stereocenters. The SMILES string of the molecule is CC(C)(C)OC(=O)N1CCCC1C(=O)Nc1ccc2c(c1)OCO2. The molecule has 1 aromatic rings. The summed E-state index contributed by atoms with van der Waals surface area (Å²) in [4.78, 5) is 26.3. The van der Waals surface area contributed by atoms with Gasteiger partial charge in [0.2, 0.25) is 12.7 Å². The van der Waals surface area contributed by atoms with Crippen molar-refractivity contribution in [1.29, 1.82) is 0 Å². The Hall–Kier alpha value is -2.44. The molecular weight excluding hydrogens is 312 g/mol. The first kappa shape index (κ1) is 16.4. The van der Waals surface area contributed by atoms with Gasteiger partial charge in [-0.05, 0) is 45.7 Å². The third-order valence-electron chi connectivity index (χ3n) is 3.82. The summed E-state index contributed by atoms with van der Waals surface area (Å²) < 4.78 is 15.9. The second-order valence-electron chi connectivity index (χ2n) is 6.89. The monoisotopic (exact) mass is 334 g/mol. The highest BCUT2D eigenvalue weighted by Gasteiger charge is 2.36. The van der Waals surface area contributed by atoms with Crippen molar-refractivity contribution in [3.05, 3.63) is 18.2 Å². The van der Waals surface area contributed by atoms with Gasteiger partial charge in [0.1, 0.15) is 11.6 Å². The number of rotatable bonds is 2. The van der Waals surface area contributed by atoms with Crippen LogP contribution in [0.25, 0.3) is 0 Å². The molecule has 2 amide bonds. The van der Waals surface area contributed by atoms with Crippen LogP contribution in [0.2, 0.25) is 0 Å². The van der Waals surface area contributed by atoms with E-state index in [4.69, 9.17) is 14.2 Å². The van der Waals surface area contributed by atoms with Gasteiger partial charge in [0.25, 0.3) is 0 Å². The molecule has 0 aliphatic carbocycles. The third kappa shape index (κ3) is 3.55. The third-order valence-corrected chi connectivity index (χ3v) is 3.82. The lowest BCUT2D eigenvalue weighted by molar-refractivity contribution is -0.120. The van der Waals surface area contributed by atoms with Crippen molar-refractivity contribution in [3.8, 4) is 11.5 Å². The first-order chi connectivity index (χ1) is 11.3. The number of hydrogen-bond donors (Lipinski definition) is 1. The fourth-order valence-corrected chi connectivity index (χ4v) is 2.78. The summed E-state index contributed by atoms with van der Waals surface area (Å²) in [7, 11) is 0. The molecule has 0 saturated carbocycles. The van der Waals surface area contributed by atoms with E-state index < -0.39 is 17.7 Å². The molecule has 0 spiro atoms. The number of ether oxygens (including phenoxy) is 3. The smallest absolute Gasteiger partial charge is 0.410 e. The predicted octanol–water partition coefficient (Wildman–Crippen LogP) is 2.75. The highest BCUT2D eigenvalue weighted by Crippen LogP contribution is 2.34. The van der Waals surface area contributed by atoms with Crippen LogP contribution in [0.3, 0.4) is 0 Å². The molecule has 130 valence electrons. The number of fused-ring (bicyclic) bond motifs is 1. The summed E-state index contributed by atoms with van der Waals surface area (Å²) in [5, 5.41) is 2.84. The van der Waals surface area contributed by atoms with Gasteiger partial charge in [-0.25, -0.2) is 4.79 Å². The molecule has 1 N–H and O–H groups in total. The lowest BCUT2D eigenvalue weighted by atomic mass is 10.2. The Balaban J connectivity index is 1.66. The normalized spacial score (nSPS) is 19.3. The second-order valence-corrected chi connectivity index (χ2v) is 6.89. The number of benzene rings is 1. The molecular formula is C17H22N2O5. The quantitative estimate of drug-likeness (QED) is 0.900. The number of carbonyl (C=O) groups is 2. The summed E-state index contributed by atoms with van der Waals surface area (Å²) in [5.74, 6) is 1.03. The van der Waals surface area contributed by atoms with Gasteiger partial charge in [-0.15, -0.1) is 0 Å². The minimum absolute atomic E-state index is 0.182. The first-order valence-corrected chi connectivity index (χ1v) is 8.04. The van der Waals surface area contributed by atoms with E-state index in [2.05, 4.69) is 5.32 Å². The van der Waals surface area contributed by atoms with Crippen molar-refractivity contribution < 1.29 is 23.8 Å². The zero-order chi connectivity index (χ0) is 17.3. The largest absolute Gasteiger partial charge is 0.454 e. The Kier molecular flexibility index (Phi) is 4.26. The second kappa shape index (κ2) is 6.22. The molecule has 1 saturated heterocycles. The fourth-order valence-electron chi connectivity index (χ4n) is 2.78. The maximum Gasteiger partial charge on any atom is 0.410 e. The minimum atomic E-state index is -0.585. The molecule has 2 heterocycles. The van der Waals surface area contributed by atoms with Crippen molar-refractivity contribution in [1.82, 2.24) is 4.90 Å². The lowest BCUT2D eigenvalue weighted by Gasteiger charge is -2.28. The Morgan fingerprint density at radius 1 is 1.25 bits per heavy atom. The Morgan fingerprint density at radius 3 is 2.75 bits per heavy atom. The van der Waals surface area contributed by atoms with Crippen LogP contribution >= 0.6 is 0 Å². The van der Waals surface area contributed by atoms with Gasteiger partial charge in [0.15, 0.2) is 11.5 Å². The maximum absolute atomic E-state index is 12.6. The first-order valence-electron chi connectivity index (χ1n) is 8.04. The Bertz CT molecular complexity index is 653. The lowest BCUT2D eigenvalue weighted by Crippen LogP contribution is -2.45. The molecule has 0 bridgehead atoms. The molecule has 2 aliphatic heterocycles. The molecule has 2 aliphatic rings.